The van der Waals surface area contributed by atoms with Crippen molar-refractivity contribution in [3.8, 4) is 0 Å². The number of anilines is 1. The quantitative estimate of drug-likeness (QED) is 0.667. The van der Waals surface area contributed by atoms with Crippen molar-refractivity contribution >= 4 is 28.6 Å². The summed E-state index contributed by atoms with van der Waals surface area (Å²) in [6.07, 6.45) is 1.73. The molecule has 1 aromatic carbocycles. The molecule has 1 aliphatic heterocycles. The molecule has 132 valence electrons. The minimum atomic E-state index is -0.354. The van der Waals surface area contributed by atoms with Crippen LogP contribution in [-0.2, 0) is 0 Å². The summed E-state index contributed by atoms with van der Waals surface area (Å²) in [5, 5.41) is 14.0. The Morgan fingerprint density at radius 2 is 1.96 bits per heavy atom. The second-order valence-electron chi connectivity index (χ2n) is 6.37. The minimum absolute atomic E-state index is 0.00253. The van der Waals surface area contributed by atoms with Crippen LogP contribution in [0.3, 0.4) is 0 Å². The van der Waals surface area contributed by atoms with Gasteiger partial charge in [-0.2, -0.15) is 0 Å². The summed E-state index contributed by atoms with van der Waals surface area (Å²) in [7, 11) is 0. The van der Waals surface area contributed by atoms with Crippen LogP contribution < -0.4 is 10.2 Å². The van der Waals surface area contributed by atoms with Gasteiger partial charge in [-0.1, -0.05) is 0 Å². The van der Waals surface area contributed by atoms with E-state index in [-0.39, 0.29) is 22.6 Å². The lowest BCUT2D eigenvalue weighted by Crippen LogP contribution is -2.44. The van der Waals surface area contributed by atoms with E-state index in [0.29, 0.717) is 5.56 Å². The van der Waals surface area contributed by atoms with Crippen molar-refractivity contribution in [2.45, 2.75) is 32.7 Å². The first kappa shape index (κ1) is 17.4. The SMILES string of the molecule is Cc1ccc(C(=O)NC2CCN(c3ccc([N+](=O)[O-])c(C)c3)CC2)s1. The van der Waals surface area contributed by atoms with Gasteiger partial charge < -0.3 is 10.2 Å². The number of nitrogens with zero attached hydrogens (tertiary/aromatic N) is 2. The van der Waals surface area contributed by atoms with E-state index in [1.54, 1.807) is 19.1 Å². The molecule has 1 amide bonds. The number of piperidine rings is 1. The summed E-state index contributed by atoms with van der Waals surface area (Å²) in [6.45, 7) is 5.40. The van der Waals surface area contributed by atoms with E-state index >= 15 is 0 Å². The molecule has 2 aromatic rings. The molecular formula is C18H21N3O3S. The molecule has 1 N–H and O–H groups in total. The van der Waals surface area contributed by atoms with Crippen LogP contribution in [0.2, 0.25) is 0 Å². The average Bonchev–Trinajstić information content (AvgIpc) is 3.02. The van der Waals surface area contributed by atoms with Crippen molar-refractivity contribution in [2.75, 3.05) is 18.0 Å². The third-order valence-corrected chi connectivity index (χ3v) is 5.54. The number of hydrogen-bond donors (Lipinski definition) is 1. The number of carbonyl (C=O) groups is 1. The molecule has 3 rings (SSSR count). The minimum Gasteiger partial charge on any atom is -0.371 e. The average molecular weight is 359 g/mol. The Labute approximate surface area is 150 Å². The van der Waals surface area contributed by atoms with E-state index in [9.17, 15) is 14.9 Å². The summed E-state index contributed by atoms with van der Waals surface area (Å²) in [5.74, 6) is 0.00253. The maximum Gasteiger partial charge on any atom is 0.272 e. The standard InChI is InChI=1S/C18H21N3O3S/c1-12-11-15(4-5-16(12)21(23)24)20-9-7-14(8-10-20)19-18(22)17-6-3-13(2)25-17/h3-6,11,14H,7-10H2,1-2H3,(H,19,22). The summed E-state index contributed by atoms with van der Waals surface area (Å²) in [5.41, 5.74) is 1.82. The third-order valence-electron chi connectivity index (χ3n) is 4.54. The van der Waals surface area contributed by atoms with Crippen molar-refractivity contribution in [3.63, 3.8) is 0 Å². The van der Waals surface area contributed by atoms with Gasteiger partial charge in [-0.15, -0.1) is 11.3 Å². The van der Waals surface area contributed by atoms with E-state index in [0.717, 1.165) is 41.4 Å². The number of aryl methyl sites for hydroxylation is 2. The molecule has 0 spiro atoms. The Morgan fingerprint density at radius 3 is 2.52 bits per heavy atom. The number of rotatable bonds is 4. The highest BCUT2D eigenvalue weighted by atomic mass is 32.1. The number of thiophene rings is 1. The summed E-state index contributed by atoms with van der Waals surface area (Å²) in [4.78, 5) is 26.9. The van der Waals surface area contributed by atoms with Gasteiger partial charge in [0, 0.05) is 41.3 Å². The van der Waals surface area contributed by atoms with Gasteiger partial charge in [0.05, 0.1) is 9.80 Å². The largest absolute Gasteiger partial charge is 0.371 e. The summed E-state index contributed by atoms with van der Waals surface area (Å²) >= 11 is 1.51. The zero-order valence-electron chi connectivity index (χ0n) is 14.3. The number of nitro benzene ring substituents is 1. The molecule has 0 unspecified atom stereocenters. The molecule has 0 saturated carbocycles. The number of benzene rings is 1. The number of amides is 1. The zero-order chi connectivity index (χ0) is 18.0. The van der Waals surface area contributed by atoms with Crippen molar-refractivity contribution in [3.05, 3.63) is 55.8 Å². The number of hydrogen-bond acceptors (Lipinski definition) is 5. The second kappa shape index (κ2) is 7.23. The normalized spacial score (nSPS) is 15.2. The van der Waals surface area contributed by atoms with Gasteiger partial charge in [0.15, 0.2) is 0 Å². The fraction of sp³-hybridized carbons (Fsp3) is 0.389. The lowest BCUT2D eigenvalue weighted by molar-refractivity contribution is -0.385. The van der Waals surface area contributed by atoms with Gasteiger partial charge in [-0.25, -0.2) is 0 Å². The Bertz CT molecular complexity index is 795. The van der Waals surface area contributed by atoms with E-state index in [1.165, 1.54) is 11.3 Å². The Hall–Kier alpha value is -2.41. The molecule has 1 aromatic heterocycles. The maximum absolute atomic E-state index is 12.2. The Morgan fingerprint density at radius 1 is 1.24 bits per heavy atom. The van der Waals surface area contributed by atoms with Crippen LogP contribution in [0.15, 0.2) is 30.3 Å². The first-order chi connectivity index (χ1) is 11.9. The molecule has 1 saturated heterocycles. The van der Waals surface area contributed by atoms with E-state index < -0.39 is 0 Å². The van der Waals surface area contributed by atoms with Crippen LogP contribution in [-0.4, -0.2) is 30.0 Å². The fourth-order valence-electron chi connectivity index (χ4n) is 3.14. The topological polar surface area (TPSA) is 75.5 Å². The van der Waals surface area contributed by atoms with Crippen LogP contribution in [0, 0.1) is 24.0 Å². The fourth-order valence-corrected chi connectivity index (χ4v) is 3.91. The van der Waals surface area contributed by atoms with Crippen LogP contribution in [0.25, 0.3) is 0 Å². The molecule has 1 aliphatic rings. The third kappa shape index (κ3) is 3.99. The Kier molecular flexibility index (Phi) is 5.03. The zero-order valence-corrected chi connectivity index (χ0v) is 15.1. The molecule has 6 nitrogen and oxygen atoms in total. The molecule has 7 heteroatoms. The summed E-state index contributed by atoms with van der Waals surface area (Å²) < 4.78 is 0. The van der Waals surface area contributed by atoms with Crippen molar-refractivity contribution in [1.29, 1.82) is 0 Å². The summed E-state index contributed by atoms with van der Waals surface area (Å²) in [6, 6.07) is 9.23. The lowest BCUT2D eigenvalue weighted by Gasteiger charge is -2.34. The number of nitro groups is 1. The maximum atomic E-state index is 12.2. The van der Waals surface area contributed by atoms with Gasteiger partial charge >= 0.3 is 0 Å². The van der Waals surface area contributed by atoms with Crippen LogP contribution in [0.1, 0.15) is 33.0 Å². The van der Waals surface area contributed by atoms with Gasteiger partial charge in [-0.3, -0.25) is 14.9 Å². The molecule has 0 radical (unpaired) electrons. The molecule has 25 heavy (non-hydrogen) atoms. The molecule has 0 aliphatic carbocycles. The smallest absolute Gasteiger partial charge is 0.272 e. The number of nitrogens with one attached hydrogen (secondary N) is 1. The van der Waals surface area contributed by atoms with Gasteiger partial charge in [0.2, 0.25) is 0 Å². The van der Waals surface area contributed by atoms with Gasteiger partial charge in [0.1, 0.15) is 0 Å². The van der Waals surface area contributed by atoms with Gasteiger partial charge in [0.25, 0.3) is 11.6 Å². The van der Waals surface area contributed by atoms with Crippen molar-refractivity contribution in [2.24, 2.45) is 0 Å². The van der Waals surface area contributed by atoms with E-state index in [2.05, 4.69) is 10.2 Å². The molecule has 2 heterocycles. The van der Waals surface area contributed by atoms with Crippen molar-refractivity contribution in [1.82, 2.24) is 5.32 Å². The monoisotopic (exact) mass is 359 g/mol. The van der Waals surface area contributed by atoms with Crippen LogP contribution in [0.5, 0.6) is 0 Å². The van der Waals surface area contributed by atoms with E-state index in [4.69, 9.17) is 0 Å². The molecule has 0 atom stereocenters. The highest BCUT2D eigenvalue weighted by Gasteiger charge is 2.22. The second-order valence-corrected chi connectivity index (χ2v) is 7.66. The van der Waals surface area contributed by atoms with Crippen LogP contribution in [0.4, 0.5) is 11.4 Å². The predicted molar refractivity (Wildman–Crippen MR) is 99.6 cm³/mol. The molecule has 0 bridgehead atoms. The first-order valence-corrected chi connectivity index (χ1v) is 9.13. The number of carbonyl (C=O) groups excluding carboxylic acids is 1. The van der Waals surface area contributed by atoms with Crippen LogP contribution >= 0.6 is 11.3 Å². The predicted octanol–water partition coefficient (Wildman–Crippen LogP) is 3.67. The first-order valence-electron chi connectivity index (χ1n) is 8.31. The highest BCUT2D eigenvalue weighted by Crippen LogP contribution is 2.26. The molecule has 1 fully saturated rings. The van der Waals surface area contributed by atoms with E-state index in [1.807, 2.05) is 25.1 Å². The lowest BCUT2D eigenvalue weighted by atomic mass is 10.0. The molecular weight excluding hydrogens is 338 g/mol. The van der Waals surface area contributed by atoms with Crippen molar-refractivity contribution < 1.29 is 9.72 Å². The van der Waals surface area contributed by atoms with Gasteiger partial charge in [-0.05, 0) is 51.0 Å². The highest BCUT2D eigenvalue weighted by molar-refractivity contribution is 7.13. The Balaban J connectivity index is 1.57.